The Balaban J connectivity index is 1.73. The molecule has 0 aliphatic carbocycles. The van der Waals surface area contributed by atoms with Gasteiger partial charge >= 0.3 is 0 Å². The monoisotopic (exact) mass is 491 g/mol. The van der Waals surface area contributed by atoms with E-state index >= 15 is 0 Å². The molecule has 0 aliphatic rings. The third-order valence-electron chi connectivity index (χ3n) is 5.83. The second-order valence-corrected chi connectivity index (χ2v) is 10.3. The van der Waals surface area contributed by atoms with Crippen LogP contribution in [0.2, 0.25) is 0 Å². The first-order chi connectivity index (χ1) is 16.8. The van der Waals surface area contributed by atoms with E-state index in [9.17, 15) is 13.5 Å². The highest BCUT2D eigenvalue weighted by Gasteiger charge is 2.16. The van der Waals surface area contributed by atoms with Crippen molar-refractivity contribution < 1.29 is 23.0 Å². The van der Waals surface area contributed by atoms with E-state index in [0.29, 0.717) is 18.1 Å². The average molecular weight is 492 g/mol. The van der Waals surface area contributed by atoms with E-state index in [2.05, 4.69) is 12.2 Å². The summed E-state index contributed by atoms with van der Waals surface area (Å²) in [6.45, 7) is 6.17. The van der Waals surface area contributed by atoms with Crippen molar-refractivity contribution in [3.8, 4) is 34.1 Å². The van der Waals surface area contributed by atoms with Crippen molar-refractivity contribution in [2.45, 2.75) is 18.7 Å². The lowest BCUT2D eigenvalue weighted by Crippen LogP contribution is -2.20. The number of fused-ring (bicyclic) bond motifs is 1. The number of aryl methyl sites for hydroxylation is 1. The van der Waals surface area contributed by atoms with Crippen LogP contribution >= 0.6 is 0 Å². The Labute approximate surface area is 206 Å². The number of rotatable bonds is 9. The molecule has 0 aliphatic heterocycles. The molecule has 35 heavy (non-hydrogen) atoms. The SMILES string of the molecule is CCNCCOc1ccc(Oc2c(-c3ccc(S(C)(=O)=O)cc3)ccc3c(C)c(O)ccc23)cc1. The van der Waals surface area contributed by atoms with Gasteiger partial charge in [-0.2, -0.15) is 0 Å². The van der Waals surface area contributed by atoms with E-state index in [1.54, 1.807) is 30.3 Å². The van der Waals surface area contributed by atoms with Crippen LogP contribution in [-0.4, -0.2) is 39.5 Å². The third kappa shape index (κ3) is 5.58. The van der Waals surface area contributed by atoms with Crippen molar-refractivity contribution in [2.24, 2.45) is 0 Å². The molecule has 0 saturated carbocycles. The fourth-order valence-corrected chi connectivity index (χ4v) is 4.51. The van der Waals surface area contributed by atoms with Crippen molar-refractivity contribution in [1.82, 2.24) is 5.32 Å². The van der Waals surface area contributed by atoms with Gasteiger partial charge in [-0.1, -0.05) is 25.1 Å². The lowest BCUT2D eigenvalue weighted by Gasteiger charge is -2.17. The Kier molecular flexibility index (Phi) is 7.28. The van der Waals surface area contributed by atoms with Crippen LogP contribution in [0, 0.1) is 6.92 Å². The molecule has 0 bridgehead atoms. The summed E-state index contributed by atoms with van der Waals surface area (Å²) in [6.07, 6.45) is 1.19. The Bertz CT molecular complexity index is 1430. The van der Waals surface area contributed by atoms with Gasteiger partial charge in [0.1, 0.15) is 29.6 Å². The van der Waals surface area contributed by atoms with Gasteiger partial charge in [-0.05, 0) is 84.6 Å². The fourth-order valence-electron chi connectivity index (χ4n) is 3.88. The van der Waals surface area contributed by atoms with Gasteiger partial charge in [0.2, 0.25) is 0 Å². The number of likely N-dealkylation sites (N-methyl/N-ethyl adjacent to an activating group) is 1. The number of aromatic hydroxyl groups is 1. The number of ether oxygens (including phenoxy) is 2. The summed E-state index contributed by atoms with van der Waals surface area (Å²) >= 11 is 0. The minimum Gasteiger partial charge on any atom is -0.508 e. The van der Waals surface area contributed by atoms with Crippen molar-refractivity contribution >= 4 is 20.6 Å². The van der Waals surface area contributed by atoms with Crippen LogP contribution in [0.15, 0.2) is 77.7 Å². The Hall–Kier alpha value is -3.55. The molecule has 7 heteroatoms. The molecule has 0 radical (unpaired) electrons. The van der Waals surface area contributed by atoms with E-state index in [-0.39, 0.29) is 10.6 Å². The molecule has 0 atom stereocenters. The summed E-state index contributed by atoms with van der Waals surface area (Å²) < 4.78 is 35.9. The predicted octanol–water partition coefficient (Wildman–Crippen LogP) is 5.70. The lowest BCUT2D eigenvalue weighted by molar-refractivity contribution is 0.315. The maximum absolute atomic E-state index is 11.9. The minimum absolute atomic E-state index is 0.216. The zero-order valence-corrected chi connectivity index (χ0v) is 20.9. The first-order valence-electron chi connectivity index (χ1n) is 11.4. The van der Waals surface area contributed by atoms with Gasteiger partial charge in [-0.3, -0.25) is 0 Å². The van der Waals surface area contributed by atoms with E-state index in [4.69, 9.17) is 9.47 Å². The number of phenols is 1. The number of hydrogen-bond donors (Lipinski definition) is 2. The number of benzene rings is 4. The smallest absolute Gasteiger partial charge is 0.175 e. The van der Waals surface area contributed by atoms with Gasteiger partial charge < -0.3 is 19.9 Å². The van der Waals surface area contributed by atoms with Gasteiger partial charge in [-0.15, -0.1) is 0 Å². The molecule has 4 rings (SSSR count). The van der Waals surface area contributed by atoms with E-state index < -0.39 is 9.84 Å². The second-order valence-electron chi connectivity index (χ2n) is 8.32. The molecule has 0 spiro atoms. The molecule has 182 valence electrons. The molecule has 4 aromatic carbocycles. The van der Waals surface area contributed by atoms with E-state index in [1.165, 1.54) is 6.26 Å². The van der Waals surface area contributed by atoms with Crippen LogP contribution in [0.4, 0.5) is 0 Å². The quantitative estimate of drug-likeness (QED) is 0.292. The van der Waals surface area contributed by atoms with E-state index in [1.807, 2.05) is 49.4 Å². The molecular weight excluding hydrogens is 462 g/mol. The summed E-state index contributed by atoms with van der Waals surface area (Å²) in [6, 6.07) is 21.5. The predicted molar refractivity (Wildman–Crippen MR) is 139 cm³/mol. The number of hydrogen-bond acceptors (Lipinski definition) is 6. The van der Waals surface area contributed by atoms with Crippen molar-refractivity contribution in [3.63, 3.8) is 0 Å². The van der Waals surface area contributed by atoms with Crippen LogP contribution in [-0.2, 0) is 9.84 Å². The van der Waals surface area contributed by atoms with Crippen LogP contribution < -0.4 is 14.8 Å². The van der Waals surface area contributed by atoms with Crippen molar-refractivity contribution in [3.05, 3.63) is 78.4 Å². The van der Waals surface area contributed by atoms with Gasteiger partial charge in [-0.25, -0.2) is 8.42 Å². The summed E-state index contributed by atoms with van der Waals surface area (Å²) in [5.41, 5.74) is 2.40. The average Bonchev–Trinajstić information content (AvgIpc) is 2.85. The standard InChI is InChI=1S/C28H29NO5S/c1-4-29-17-18-33-21-7-9-22(10-8-21)34-28-25(20-5-11-23(12-6-20)35(3,31)32)14-13-24-19(2)27(30)16-15-26(24)28/h5-16,29-30H,4,17-18H2,1-3H3. The Morgan fingerprint density at radius 1 is 0.857 bits per heavy atom. The normalized spacial score (nSPS) is 11.5. The highest BCUT2D eigenvalue weighted by atomic mass is 32.2. The Morgan fingerprint density at radius 2 is 1.51 bits per heavy atom. The zero-order chi connectivity index (χ0) is 25.0. The summed E-state index contributed by atoms with van der Waals surface area (Å²) in [7, 11) is -3.29. The zero-order valence-electron chi connectivity index (χ0n) is 20.0. The molecular formula is C28H29NO5S. The van der Waals surface area contributed by atoms with Crippen LogP contribution in [0.5, 0.6) is 23.0 Å². The molecule has 6 nitrogen and oxygen atoms in total. The summed E-state index contributed by atoms with van der Waals surface area (Å²) in [5.74, 6) is 2.23. The molecule has 4 aromatic rings. The van der Waals surface area contributed by atoms with Gasteiger partial charge in [0.15, 0.2) is 9.84 Å². The molecule has 0 aromatic heterocycles. The first-order valence-corrected chi connectivity index (χ1v) is 13.3. The fraction of sp³-hybridized carbons (Fsp3) is 0.214. The highest BCUT2D eigenvalue weighted by Crippen LogP contribution is 2.42. The number of nitrogens with one attached hydrogen (secondary N) is 1. The topological polar surface area (TPSA) is 84.9 Å². The molecule has 2 N–H and O–H groups in total. The maximum Gasteiger partial charge on any atom is 0.175 e. The molecule has 0 unspecified atom stereocenters. The highest BCUT2D eigenvalue weighted by molar-refractivity contribution is 7.90. The number of phenolic OH excluding ortho intramolecular Hbond substituents is 1. The molecule has 0 amide bonds. The van der Waals surface area contributed by atoms with Crippen LogP contribution in [0.1, 0.15) is 12.5 Å². The van der Waals surface area contributed by atoms with Gasteiger partial charge in [0.25, 0.3) is 0 Å². The third-order valence-corrected chi connectivity index (χ3v) is 6.96. The van der Waals surface area contributed by atoms with Crippen molar-refractivity contribution in [1.29, 1.82) is 0 Å². The second kappa shape index (κ2) is 10.4. The van der Waals surface area contributed by atoms with Crippen LogP contribution in [0.3, 0.4) is 0 Å². The minimum atomic E-state index is -3.29. The first kappa shape index (κ1) is 24.6. The van der Waals surface area contributed by atoms with Crippen molar-refractivity contribution in [2.75, 3.05) is 26.0 Å². The molecule has 0 fully saturated rings. The number of sulfone groups is 1. The summed E-state index contributed by atoms with van der Waals surface area (Å²) in [4.78, 5) is 0.259. The largest absolute Gasteiger partial charge is 0.508 e. The molecule has 0 heterocycles. The lowest BCUT2D eigenvalue weighted by atomic mass is 9.97. The van der Waals surface area contributed by atoms with Gasteiger partial charge in [0, 0.05) is 23.8 Å². The van der Waals surface area contributed by atoms with Crippen LogP contribution in [0.25, 0.3) is 21.9 Å². The Morgan fingerprint density at radius 3 is 2.17 bits per heavy atom. The van der Waals surface area contributed by atoms with E-state index in [0.717, 1.165) is 46.3 Å². The maximum atomic E-state index is 11.9. The molecule has 0 saturated heterocycles. The van der Waals surface area contributed by atoms with Gasteiger partial charge in [0.05, 0.1) is 4.90 Å². The summed E-state index contributed by atoms with van der Waals surface area (Å²) in [5, 5.41) is 15.1.